The van der Waals surface area contributed by atoms with Gasteiger partial charge in [-0.15, -0.1) is 0 Å². The molecule has 110 valence electrons. The van der Waals surface area contributed by atoms with Crippen molar-refractivity contribution in [3.05, 3.63) is 42.0 Å². The number of carbonyl (C=O) groups is 2. The lowest BCUT2D eigenvalue weighted by Crippen LogP contribution is -2.32. The Bertz CT molecular complexity index is 626. The van der Waals surface area contributed by atoms with E-state index in [0.717, 1.165) is 0 Å². The number of nitrogens with one attached hydrogen (secondary N) is 3. The maximum absolute atomic E-state index is 11.9. The molecule has 2 amide bonds. The third kappa shape index (κ3) is 4.03. The van der Waals surface area contributed by atoms with Gasteiger partial charge in [-0.1, -0.05) is 18.2 Å². The highest BCUT2D eigenvalue weighted by atomic mass is 16.4. The number of hydrogen-bond acceptors (Lipinski definition) is 4. The van der Waals surface area contributed by atoms with Crippen LogP contribution in [-0.2, 0) is 11.2 Å². The van der Waals surface area contributed by atoms with Crippen LogP contribution in [0.2, 0.25) is 0 Å². The van der Waals surface area contributed by atoms with Crippen LogP contribution in [0.4, 0.5) is 10.5 Å². The van der Waals surface area contributed by atoms with E-state index < -0.39 is 12.0 Å². The summed E-state index contributed by atoms with van der Waals surface area (Å²) in [7, 11) is 0. The molecule has 1 aromatic heterocycles. The van der Waals surface area contributed by atoms with Crippen molar-refractivity contribution < 1.29 is 14.7 Å². The first-order valence-electron chi connectivity index (χ1n) is 6.28. The molecule has 0 saturated carbocycles. The lowest BCUT2D eigenvalue weighted by atomic mass is 10.1. The maximum atomic E-state index is 11.9. The zero-order chi connectivity index (χ0) is 15.2. The van der Waals surface area contributed by atoms with E-state index in [0.29, 0.717) is 17.1 Å². The van der Waals surface area contributed by atoms with E-state index >= 15 is 0 Å². The highest BCUT2D eigenvalue weighted by Crippen LogP contribution is 2.16. The number of aliphatic carboxylic acids is 1. The Balaban J connectivity index is 2.01. The molecule has 0 aliphatic heterocycles. The Morgan fingerprint density at radius 2 is 2.14 bits per heavy atom. The predicted molar refractivity (Wildman–Crippen MR) is 74.7 cm³/mol. The van der Waals surface area contributed by atoms with Crippen molar-refractivity contribution in [2.45, 2.75) is 19.4 Å². The molecule has 0 saturated heterocycles. The molecule has 1 atom stereocenters. The number of aromatic nitrogens is 3. The van der Waals surface area contributed by atoms with Gasteiger partial charge in [-0.05, 0) is 18.6 Å². The zero-order valence-electron chi connectivity index (χ0n) is 11.3. The number of carboxylic acid groups (broad SMARTS) is 1. The van der Waals surface area contributed by atoms with Crippen LogP contribution in [-0.4, -0.2) is 32.3 Å². The fourth-order valence-corrected chi connectivity index (χ4v) is 1.81. The Morgan fingerprint density at radius 1 is 1.38 bits per heavy atom. The van der Waals surface area contributed by atoms with Gasteiger partial charge in [0.25, 0.3) is 0 Å². The second-order valence-electron chi connectivity index (χ2n) is 4.42. The number of amides is 2. The van der Waals surface area contributed by atoms with Crippen LogP contribution >= 0.6 is 0 Å². The molecule has 0 aliphatic rings. The molecule has 21 heavy (non-hydrogen) atoms. The van der Waals surface area contributed by atoms with Crippen LogP contribution in [0, 0.1) is 0 Å². The lowest BCUT2D eigenvalue weighted by molar-refractivity contribution is -0.136. The third-order valence-corrected chi connectivity index (χ3v) is 2.80. The van der Waals surface area contributed by atoms with Gasteiger partial charge < -0.3 is 15.7 Å². The molecule has 8 nitrogen and oxygen atoms in total. The normalized spacial score (nSPS) is 11.7. The molecule has 8 heteroatoms. The van der Waals surface area contributed by atoms with Crippen molar-refractivity contribution >= 4 is 17.7 Å². The largest absolute Gasteiger partial charge is 0.481 e. The Labute approximate surface area is 120 Å². The SMILES string of the molecule is CC(NC(=O)Nc1ccccc1CC(=O)O)c1ncn[nH]1. The van der Waals surface area contributed by atoms with Gasteiger partial charge >= 0.3 is 12.0 Å². The summed E-state index contributed by atoms with van der Waals surface area (Å²) in [5.74, 6) is -0.427. The Hall–Kier alpha value is -2.90. The molecular formula is C13H15N5O3. The van der Waals surface area contributed by atoms with E-state index in [9.17, 15) is 9.59 Å². The van der Waals surface area contributed by atoms with Gasteiger partial charge in [-0.25, -0.2) is 9.78 Å². The van der Waals surface area contributed by atoms with Gasteiger partial charge in [0, 0.05) is 5.69 Å². The molecule has 0 fully saturated rings. The lowest BCUT2D eigenvalue weighted by Gasteiger charge is -2.14. The number of hydrogen-bond donors (Lipinski definition) is 4. The van der Waals surface area contributed by atoms with Gasteiger partial charge in [-0.3, -0.25) is 9.89 Å². The number of urea groups is 1. The fraction of sp³-hybridized carbons (Fsp3) is 0.231. The monoisotopic (exact) mass is 289 g/mol. The van der Waals surface area contributed by atoms with Crippen LogP contribution in [0.3, 0.4) is 0 Å². The highest BCUT2D eigenvalue weighted by Gasteiger charge is 2.13. The van der Waals surface area contributed by atoms with Gasteiger partial charge in [0.15, 0.2) is 0 Å². The number of para-hydroxylation sites is 1. The Morgan fingerprint density at radius 3 is 2.81 bits per heavy atom. The van der Waals surface area contributed by atoms with Gasteiger partial charge in [0.2, 0.25) is 0 Å². The molecule has 0 radical (unpaired) electrons. The maximum Gasteiger partial charge on any atom is 0.319 e. The van der Waals surface area contributed by atoms with Gasteiger partial charge in [0.1, 0.15) is 12.2 Å². The van der Waals surface area contributed by atoms with Crippen molar-refractivity contribution in [3.63, 3.8) is 0 Å². The number of aromatic amines is 1. The number of carboxylic acids is 1. The molecule has 2 aromatic rings. The van der Waals surface area contributed by atoms with Crippen LogP contribution in [0.15, 0.2) is 30.6 Å². The molecule has 1 aromatic carbocycles. The summed E-state index contributed by atoms with van der Waals surface area (Å²) < 4.78 is 0. The number of anilines is 1. The second-order valence-corrected chi connectivity index (χ2v) is 4.42. The minimum Gasteiger partial charge on any atom is -0.481 e. The molecular weight excluding hydrogens is 274 g/mol. The summed E-state index contributed by atoms with van der Waals surface area (Å²) in [6.45, 7) is 1.75. The van der Waals surface area contributed by atoms with Crippen molar-refractivity contribution in [3.8, 4) is 0 Å². The molecule has 0 aliphatic carbocycles. The molecule has 0 bridgehead atoms. The molecule has 2 rings (SSSR count). The third-order valence-electron chi connectivity index (χ3n) is 2.80. The summed E-state index contributed by atoms with van der Waals surface area (Å²) in [5, 5.41) is 20.5. The molecule has 1 heterocycles. The number of carbonyl (C=O) groups excluding carboxylic acids is 1. The topological polar surface area (TPSA) is 120 Å². The first kappa shape index (κ1) is 14.5. The van der Waals surface area contributed by atoms with Crippen molar-refractivity contribution in [1.82, 2.24) is 20.5 Å². The first-order valence-corrected chi connectivity index (χ1v) is 6.28. The van der Waals surface area contributed by atoms with E-state index in [2.05, 4.69) is 25.8 Å². The zero-order valence-corrected chi connectivity index (χ0v) is 11.3. The quantitative estimate of drug-likeness (QED) is 0.661. The summed E-state index contributed by atoms with van der Waals surface area (Å²) in [5.41, 5.74) is 0.995. The minimum absolute atomic E-state index is 0.159. The van der Waals surface area contributed by atoms with E-state index in [4.69, 9.17) is 5.11 Å². The Kier molecular flexibility index (Phi) is 4.50. The summed E-state index contributed by atoms with van der Waals surface area (Å²) in [6, 6.07) is 5.95. The first-order chi connectivity index (χ1) is 10.1. The van der Waals surface area contributed by atoms with Gasteiger partial charge in [-0.2, -0.15) is 5.10 Å². The average molecular weight is 289 g/mol. The van der Waals surface area contributed by atoms with Crippen molar-refractivity contribution in [1.29, 1.82) is 0 Å². The molecule has 0 spiro atoms. The number of nitrogens with zero attached hydrogens (tertiary/aromatic N) is 2. The van der Waals surface area contributed by atoms with Crippen molar-refractivity contribution in [2.24, 2.45) is 0 Å². The van der Waals surface area contributed by atoms with Gasteiger partial charge in [0.05, 0.1) is 12.5 Å². The van der Waals surface area contributed by atoms with E-state index in [1.807, 2.05) is 0 Å². The second kappa shape index (κ2) is 6.51. The number of benzene rings is 1. The standard InChI is InChI=1S/C13H15N5O3/c1-8(12-14-7-15-18-12)16-13(21)17-10-5-3-2-4-9(10)6-11(19)20/h2-5,7-8H,6H2,1H3,(H,19,20)(H,14,15,18)(H2,16,17,21). The number of H-pyrrole nitrogens is 1. The van der Waals surface area contributed by atoms with E-state index in [1.54, 1.807) is 31.2 Å². The average Bonchev–Trinajstić information content (AvgIpc) is 2.94. The fourth-order valence-electron chi connectivity index (χ4n) is 1.81. The van der Waals surface area contributed by atoms with Crippen LogP contribution in [0.1, 0.15) is 24.4 Å². The minimum atomic E-state index is -0.959. The van der Waals surface area contributed by atoms with Crippen LogP contribution < -0.4 is 10.6 Å². The molecule has 1 unspecified atom stereocenters. The van der Waals surface area contributed by atoms with Crippen LogP contribution in [0.5, 0.6) is 0 Å². The summed E-state index contributed by atoms with van der Waals surface area (Å²) >= 11 is 0. The smallest absolute Gasteiger partial charge is 0.319 e. The summed E-state index contributed by atoms with van der Waals surface area (Å²) in [4.78, 5) is 26.7. The predicted octanol–water partition coefficient (Wildman–Crippen LogP) is 1.31. The summed E-state index contributed by atoms with van der Waals surface area (Å²) in [6.07, 6.45) is 1.20. The molecule has 4 N–H and O–H groups in total. The number of rotatable bonds is 5. The van der Waals surface area contributed by atoms with E-state index in [1.165, 1.54) is 6.33 Å². The highest BCUT2D eigenvalue weighted by molar-refractivity contribution is 5.91. The van der Waals surface area contributed by atoms with Crippen molar-refractivity contribution in [2.75, 3.05) is 5.32 Å². The van der Waals surface area contributed by atoms with E-state index in [-0.39, 0.29) is 12.5 Å². The van der Waals surface area contributed by atoms with Crippen LogP contribution in [0.25, 0.3) is 0 Å².